The van der Waals surface area contributed by atoms with Crippen LogP contribution in [0.5, 0.6) is 0 Å². The summed E-state index contributed by atoms with van der Waals surface area (Å²) in [7, 11) is -4.24. The maximum Gasteiger partial charge on any atom is 0.294 e. The molecule has 0 saturated carbocycles. The van der Waals surface area contributed by atoms with Crippen LogP contribution in [0.2, 0.25) is 0 Å². The number of alkyl halides is 1. The highest BCUT2D eigenvalue weighted by molar-refractivity contribution is 7.85. The van der Waals surface area contributed by atoms with Gasteiger partial charge >= 0.3 is 0 Å². The van der Waals surface area contributed by atoms with E-state index in [0.29, 0.717) is 5.56 Å². The molecule has 0 aliphatic carbocycles. The third-order valence-electron chi connectivity index (χ3n) is 1.86. The second kappa shape index (κ2) is 4.06. The number of hydrogen-bond acceptors (Lipinski definition) is 2. The minimum atomic E-state index is -4.24. The zero-order valence-corrected chi connectivity index (χ0v) is 8.51. The summed E-state index contributed by atoms with van der Waals surface area (Å²) in [6.07, 6.45) is -0.00317. The van der Waals surface area contributed by atoms with Crippen molar-refractivity contribution in [3.8, 4) is 0 Å². The Morgan fingerprint density at radius 2 is 2.07 bits per heavy atom. The Kier molecular flexibility index (Phi) is 3.23. The summed E-state index contributed by atoms with van der Waals surface area (Å²) < 4.78 is 42.7. The van der Waals surface area contributed by atoms with Crippen LogP contribution in [0.25, 0.3) is 0 Å². The van der Waals surface area contributed by atoms with Crippen molar-refractivity contribution in [1.29, 1.82) is 0 Å². The van der Waals surface area contributed by atoms with E-state index in [2.05, 4.69) is 0 Å². The summed E-state index contributed by atoms with van der Waals surface area (Å²) in [6.45, 7) is 1.13. The fourth-order valence-corrected chi connectivity index (χ4v) is 1.99. The lowest BCUT2D eigenvalue weighted by Gasteiger charge is -2.05. The molecule has 0 aromatic heterocycles. The Balaban J connectivity index is 3.29. The van der Waals surface area contributed by atoms with Gasteiger partial charge in [0.1, 0.15) is 0 Å². The van der Waals surface area contributed by atoms with E-state index in [1.807, 2.05) is 0 Å². The van der Waals surface area contributed by atoms with Gasteiger partial charge < -0.3 is 0 Å². The summed E-state index contributed by atoms with van der Waals surface area (Å²) in [4.78, 5) is -0.208. The lowest BCUT2D eigenvalue weighted by molar-refractivity contribution is 0.476. The number of hydrogen-bond donors (Lipinski definition) is 1. The molecule has 0 radical (unpaired) electrons. The number of aryl methyl sites for hydroxylation is 2. The van der Waals surface area contributed by atoms with E-state index in [1.165, 1.54) is 6.07 Å². The summed E-state index contributed by atoms with van der Waals surface area (Å²) in [5, 5.41) is 0. The van der Waals surface area contributed by atoms with Crippen molar-refractivity contribution in [2.24, 2.45) is 0 Å². The molecule has 0 unspecified atom stereocenters. The van der Waals surface area contributed by atoms with Crippen molar-refractivity contribution in [3.05, 3.63) is 29.3 Å². The summed E-state index contributed by atoms with van der Waals surface area (Å²) in [6, 6.07) is 4.41. The van der Waals surface area contributed by atoms with E-state index in [4.69, 9.17) is 4.55 Å². The average Bonchev–Trinajstić information content (AvgIpc) is 2.02. The number of halogens is 1. The molecule has 1 aromatic rings. The first-order chi connectivity index (χ1) is 6.45. The van der Waals surface area contributed by atoms with Gasteiger partial charge in [0.2, 0.25) is 0 Å². The van der Waals surface area contributed by atoms with Crippen molar-refractivity contribution < 1.29 is 17.4 Å². The standard InChI is InChI=1S/C9H11FO3S/c1-7-2-3-9(14(11,12)13)8(6-7)4-5-10/h2-3,6H,4-5H2,1H3,(H,11,12,13). The topological polar surface area (TPSA) is 54.4 Å². The van der Waals surface area contributed by atoms with Crippen LogP contribution in [0.1, 0.15) is 11.1 Å². The van der Waals surface area contributed by atoms with Crippen LogP contribution < -0.4 is 0 Å². The SMILES string of the molecule is Cc1ccc(S(=O)(=O)O)c(CCF)c1. The molecule has 5 heteroatoms. The molecule has 0 spiro atoms. The van der Waals surface area contributed by atoms with E-state index >= 15 is 0 Å². The Bertz CT molecular complexity index is 426. The largest absolute Gasteiger partial charge is 0.294 e. The van der Waals surface area contributed by atoms with Crippen LogP contribution in [-0.2, 0) is 16.5 Å². The van der Waals surface area contributed by atoms with Gasteiger partial charge in [0.25, 0.3) is 10.1 Å². The molecule has 0 amide bonds. The molecule has 0 saturated heterocycles. The fraction of sp³-hybridized carbons (Fsp3) is 0.333. The first kappa shape index (κ1) is 11.1. The van der Waals surface area contributed by atoms with Crippen molar-refractivity contribution in [3.63, 3.8) is 0 Å². The van der Waals surface area contributed by atoms with E-state index in [-0.39, 0.29) is 11.3 Å². The lowest BCUT2D eigenvalue weighted by Crippen LogP contribution is -2.04. The molecule has 3 nitrogen and oxygen atoms in total. The van der Waals surface area contributed by atoms with Gasteiger partial charge in [-0.2, -0.15) is 8.42 Å². The molecule has 0 bridgehead atoms. The Morgan fingerprint density at radius 3 is 2.57 bits per heavy atom. The lowest BCUT2D eigenvalue weighted by atomic mass is 10.1. The van der Waals surface area contributed by atoms with Gasteiger partial charge in [0.05, 0.1) is 11.6 Å². The van der Waals surface area contributed by atoms with E-state index < -0.39 is 16.8 Å². The molecule has 14 heavy (non-hydrogen) atoms. The summed E-state index contributed by atoms with van der Waals surface area (Å²) in [5.41, 5.74) is 1.15. The van der Waals surface area contributed by atoms with Gasteiger partial charge in [0.15, 0.2) is 0 Å². The molecule has 1 aromatic carbocycles. The predicted octanol–water partition coefficient (Wildman–Crippen LogP) is 1.75. The molecule has 1 rings (SSSR count). The number of benzene rings is 1. The monoisotopic (exact) mass is 218 g/mol. The van der Waals surface area contributed by atoms with Gasteiger partial charge in [0, 0.05) is 6.42 Å². The second-order valence-corrected chi connectivity index (χ2v) is 4.42. The Hall–Kier alpha value is -0.940. The summed E-state index contributed by atoms with van der Waals surface area (Å²) >= 11 is 0. The van der Waals surface area contributed by atoms with E-state index in [0.717, 1.165) is 5.56 Å². The molecule has 0 fully saturated rings. The van der Waals surface area contributed by atoms with Crippen LogP contribution >= 0.6 is 0 Å². The van der Waals surface area contributed by atoms with E-state index in [1.54, 1.807) is 19.1 Å². The normalized spacial score (nSPS) is 11.6. The molecule has 1 N–H and O–H groups in total. The molecule has 0 aliphatic heterocycles. The predicted molar refractivity (Wildman–Crippen MR) is 50.7 cm³/mol. The maximum absolute atomic E-state index is 12.1. The molecule has 0 heterocycles. The van der Waals surface area contributed by atoms with Crippen molar-refractivity contribution in [1.82, 2.24) is 0 Å². The van der Waals surface area contributed by atoms with Gasteiger partial charge in [-0.15, -0.1) is 0 Å². The maximum atomic E-state index is 12.1. The molecular formula is C9H11FO3S. The smallest absolute Gasteiger partial charge is 0.282 e. The first-order valence-corrected chi connectivity index (χ1v) is 5.52. The van der Waals surface area contributed by atoms with Crippen molar-refractivity contribution >= 4 is 10.1 Å². The van der Waals surface area contributed by atoms with Gasteiger partial charge in [-0.25, -0.2) is 0 Å². The first-order valence-electron chi connectivity index (χ1n) is 4.08. The van der Waals surface area contributed by atoms with Gasteiger partial charge in [-0.3, -0.25) is 8.94 Å². The second-order valence-electron chi connectivity index (χ2n) is 3.03. The molecule has 78 valence electrons. The fourth-order valence-electron chi connectivity index (χ4n) is 1.26. The van der Waals surface area contributed by atoms with Crippen LogP contribution in [-0.4, -0.2) is 19.6 Å². The van der Waals surface area contributed by atoms with E-state index in [9.17, 15) is 12.8 Å². The quantitative estimate of drug-likeness (QED) is 0.786. The molecule has 0 atom stereocenters. The average molecular weight is 218 g/mol. The van der Waals surface area contributed by atoms with Crippen molar-refractivity contribution in [2.75, 3.05) is 6.67 Å². The third kappa shape index (κ3) is 2.52. The zero-order valence-electron chi connectivity index (χ0n) is 7.70. The highest BCUT2D eigenvalue weighted by Crippen LogP contribution is 2.17. The zero-order chi connectivity index (χ0) is 10.8. The Labute approximate surface area is 82.3 Å². The minimum absolute atomic E-state index is 0.00317. The van der Waals surface area contributed by atoms with Crippen LogP contribution in [0.3, 0.4) is 0 Å². The Morgan fingerprint density at radius 1 is 1.43 bits per heavy atom. The molecule has 0 aliphatic rings. The van der Waals surface area contributed by atoms with Crippen LogP contribution in [0.15, 0.2) is 23.1 Å². The van der Waals surface area contributed by atoms with Crippen LogP contribution in [0.4, 0.5) is 4.39 Å². The number of rotatable bonds is 3. The highest BCUT2D eigenvalue weighted by atomic mass is 32.2. The van der Waals surface area contributed by atoms with Crippen LogP contribution in [0, 0.1) is 6.92 Å². The van der Waals surface area contributed by atoms with Crippen molar-refractivity contribution in [2.45, 2.75) is 18.2 Å². The highest BCUT2D eigenvalue weighted by Gasteiger charge is 2.14. The van der Waals surface area contributed by atoms with Gasteiger partial charge in [-0.1, -0.05) is 17.7 Å². The third-order valence-corrected chi connectivity index (χ3v) is 2.81. The van der Waals surface area contributed by atoms with Gasteiger partial charge in [-0.05, 0) is 18.6 Å². The molecular weight excluding hydrogens is 207 g/mol. The summed E-state index contributed by atoms with van der Waals surface area (Å²) in [5.74, 6) is 0. The minimum Gasteiger partial charge on any atom is -0.282 e.